The molecule has 1 amide bonds. The van der Waals surface area contributed by atoms with E-state index in [1.165, 1.54) is 24.8 Å². The lowest BCUT2D eigenvalue weighted by Gasteiger charge is -2.39. The maximum Gasteiger partial charge on any atom is 0.232 e. The average Bonchev–Trinajstić information content (AvgIpc) is 2.32. The Morgan fingerprint density at radius 3 is 2.82 bits per heavy atom. The lowest BCUT2D eigenvalue weighted by Crippen LogP contribution is -2.43. The zero-order valence-electron chi connectivity index (χ0n) is 9.63. The summed E-state index contributed by atoms with van der Waals surface area (Å²) >= 11 is 3.44. The number of amides is 1. The Kier molecular flexibility index (Phi) is 2.69. The summed E-state index contributed by atoms with van der Waals surface area (Å²) in [6.07, 6.45) is 8.22. The van der Waals surface area contributed by atoms with Gasteiger partial charge in [0.15, 0.2) is 0 Å². The van der Waals surface area contributed by atoms with Crippen molar-refractivity contribution in [1.29, 1.82) is 0 Å². The minimum absolute atomic E-state index is 0.159. The van der Waals surface area contributed by atoms with Crippen LogP contribution in [0.4, 0.5) is 5.82 Å². The summed E-state index contributed by atoms with van der Waals surface area (Å²) in [5, 5.41) is 2.98. The van der Waals surface area contributed by atoms with Crippen molar-refractivity contribution in [2.75, 3.05) is 5.32 Å². The summed E-state index contributed by atoms with van der Waals surface area (Å²) in [6, 6.07) is 2.08. The molecule has 2 heterocycles. The number of carbonyl (C=O) groups is 1. The third kappa shape index (κ3) is 1.88. The number of fused-ring (bicyclic) bond motifs is 1. The van der Waals surface area contributed by atoms with Gasteiger partial charge in [-0.05, 0) is 46.8 Å². The number of anilines is 1. The minimum atomic E-state index is -0.159. The lowest BCUT2D eigenvalue weighted by molar-refractivity contribution is -0.128. The van der Waals surface area contributed by atoms with Crippen molar-refractivity contribution in [3.05, 3.63) is 22.3 Å². The summed E-state index contributed by atoms with van der Waals surface area (Å²) in [5.41, 5.74) is 1.01. The van der Waals surface area contributed by atoms with Crippen molar-refractivity contribution in [2.45, 2.75) is 38.5 Å². The monoisotopic (exact) mass is 294 g/mol. The molecule has 1 N–H and O–H groups in total. The molecule has 0 atom stereocenters. The Bertz CT molecular complexity index is 466. The number of nitrogens with zero attached hydrogens (tertiary/aromatic N) is 1. The van der Waals surface area contributed by atoms with Crippen LogP contribution >= 0.6 is 15.9 Å². The summed E-state index contributed by atoms with van der Waals surface area (Å²) in [7, 11) is 0. The predicted octanol–water partition coefficient (Wildman–Crippen LogP) is 3.29. The second kappa shape index (κ2) is 4.09. The van der Waals surface area contributed by atoms with Crippen LogP contribution < -0.4 is 5.32 Å². The van der Waals surface area contributed by atoms with Crippen LogP contribution in [0.1, 0.15) is 37.7 Å². The van der Waals surface area contributed by atoms with Gasteiger partial charge in [-0.3, -0.25) is 4.79 Å². The van der Waals surface area contributed by atoms with Gasteiger partial charge in [-0.15, -0.1) is 0 Å². The van der Waals surface area contributed by atoms with Gasteiger partial charge in [0.25, 0.3) is 0 Å². The van der Waals surface area contributed by atoms with E-state index in [-0.39, 0.29) is 11.3 Å². The minimum Gasteiger partial charge on any atom is -0.310 e. The van der Waals surface area contributed by atoms with Crippen molar-refractivity contribution in [2.24, 2.45) is 5.41 Å². The molecule has 0 bridgehead atoms. The van der Waals surface area contributed by atoms with E-state index in [1.807, 2.05) is 0 Å². The number of rotatable bonds is 0. The maximum absolute atomic E-state index is 12.3. The van der Waals surface area contributed by atoms with Gasteiger partial charge in [0, 0.05) is 10.7 Å². The molecular weight excluding hydrogens is 280 g/mol. The fourth-order valence-electron chi connectivity index (χ4n) is 3.05. The largest absolute Gasteiger partial charge is 0.310 e. The summed E-state index contributed by atoms with van der Waals surface area (Å²) in [4.78, 5) is 16.5. The third-order valence-corrected chi connectivity index (χ3v) is 4.42. The van der Waals surface area contributed by atoms with E-state index in [2.05, 4.69) is 32.3 Å². The number of hydrogen-bond donors (Lipinski definition) is 1. The molecule has 1 aromatic heterocycles. The normalized spacial score (nSPS) is 22.1. The van der Waals surface area contributed by atoms with E-state index in [9.17, 15) is 4.79 Å². The Morgan fingerprint density at radius 2 is 2.06 bits per heavy atom. The SMILES string of the molecule is O=C1Nc2ncc(Br)cc2CC12CCCCC2. The standard InChI is InChI=1S/C13H15BrN2O/c14-10-6-9-7-13(4-2-1-3-5-13)12(17)16-11(9)15-8-10/h6,8H,1-5,7H2,(H,15,16,17). The second-order valence-corrected chi connectivity index (χ2v) is 6.05. The molecule has 1 saturated carbocycles. The van der Waals surface area contributed by atoms with Crippen LogP contribution in [0.3, 0.4) is 0 Å². The van der Waals surface area contributed by atoms with Crippen molar-refractivity contribution in [3.63, 3.8) is 0 Å². The van der Waals surface area contributed by atoms with Gasteiger partial charge < -0.3 is 5.32 Å². The molecule has 0 radical (unpaired) electrons. The van der Waals surface area contributed by atoms with Crippen molar-refractivity contribution >= 4 is 27.7 Å². The van der Waals surface area contributed by atoms with E-state index in [0.717, 1.165) is 29.6 Å². The van der Waals surface area contributed by atoms with Crippen molar-refractivity contribution in [3.8, 4) is 0 Å². The first-order chi connectivity index (χ1) is 8.20. The third-order valence-electron chi connectivity index (χ3n) is 3.99. The smallest absolute Gasteiger partial charge is 0.232 e. The van der Waals surface area contributed by atoms with E-state index < -0.39 is 0 Å². The van der Waals surface area contributed by atoms with Gasteiger partial charge in [0.2, 0.25) is 5.91 Å². The predicted molar refractivity (Wildman–Crippen MR) is 69.8 cm³/mol. The average molecular weight is 295 g/mol. The first-order valence-electron chi connectivity index (χ1n) is 6.16. The van der Waals surface area contributed by atoms with Crippen LogP contribution in [0, 0.1) is 5.41 Å². The molecule has 1 aromatic rings. The molecule has 3 rings (SSSR count). The van der Waals surface area contributed by atoms with Crippen LogP contribution in [-0.2, 0) is 11.2 Å². The van der Waals surface area contributed by atoms with Crippen molar-refractivity contribution in [1.82, 2.24) is 4.98 Å². The number of nitrogens with one attached hydrogen (secondary N) is 1. The molecule has 1 fully saturated rings. The molecule has 17 heavy (non-hydrogen) atoms. The Balaban J connectivity index is 1.98. The zero-order valence-corrected chi connectivity index (χ0v) is 11.2. The Morgan fingerprint density at radius 1 is 1.29 bits per heavy atom. The fraction of sp³-hybridized carbons (Fsp3) is 0.538. The van der Waals surface area contributed by atoms with Gasteiger partial charge in [0.05, 0.1) is 5.41 Å². The van der Waals surface area contributed by atoms with Gasteiger partial charge in [-0.1, -0.05) is 19.3 Å². The highest BCUT2D eigenvalue weighted by Gasteiger charge is 2.43. The molecule has 2 aliphatic rings. The zero-order chi connectivity index (χ0) is 11.9. The highest BCUT2D eigenvalue weighted by atomic mass is 79.9. The molecule has 3 nitrogen and oxygen atoms in total. The van der Waals surface area contributed by atoms with Gasteiger partial charge in [-0.2, -0.15) is 0 Å². The van der Waals surface area contributed by atoms with Crippen LogP contribution in [0.2, 0.25) is 0 Å². The Hall–Kier alpha value is -0.900. The number of halogens is 1. The number of aromatic nitrogens is 1. The lowest BCUT2D eigenvalue weighted by atomic mass is 9.68. The van der Waals surface area contributed by atoms with Crippen LogP contribution in [0.15, 0.2) is 16.7 Å². The van der Waals surface area contributed by atoms with Crippen LogP contribution in [0.25, 0.3) is 0 Å². The van der Waals surface area contributed by atoms with E-state index in [0.29, 0.717) is 0 Å². The summed E-state index contributed by atoms with van der Waals surface area (Å²) < 4.78 is 0.985. The molecule has 1 spiro atoms. The first-order valence-corrected chi connectivity index (χ1v) is 6.95. The molecule has 0 unspecified atom stereocenters. The van der Waals surface area contributed by atoms with E-state index in [4.69, 9.17) is 0 Å². The number of carbonyl (C=O) groups excluding carboxylic acids is 1. The van der Waals surface area contributed by atoms with Crippen LogP contribution in [0.5, 0.6) is 0 Å². The summed E-state index contributed by atoms with van der Waals surface area (Å²) in [6.45, 7) is 0. The maximum atomic E-state index is 12.3. The first kappa shape index (κ1) is 11.2. The summed E-state index contributed by atoms with van der Waals surface area (Å²) in [5.74, 6) is 0.925. The molecule has 90 valence electrons. The molecule has 4 heteroatoms. The van der Waals surface area contributed by atoms with Gasteiger partial charge in [-0.25, -0.2) is 4.98 Å². The molecule has 1 aliphatic heterocycles. The molecule has 1 aliphatic carbocycles. The van der Waals surface area contributed by atoms with Crippen molar-refractivity contribution < 1.29 is 4.79 Å². The van der Waals surface area contributed by atoms with Gasteiger partial charge in [0.1, 0.15) is 5.82 Å². The number of hydrogen-bond acceptors (Lipinski definition) is 2. The Labute approximate surface area is 109 Å². The fourth-order valence-corrected chi connectivity index (χ4v) is 3.42. The quantitative estimate of drug-likeness (QED) is 0.798. The number of pyridine rings is 1. The highest BCUT2D eigenvalue weighted by molar-refractivity contribution is 9.10. The molecular formula is C13H15BrN2O. The van der Waals surface area contributed by atoms with Crippen LogP contribution in [-0.4, -0.2) is 10.9 Å². The van der Waals surface area contributed by atoms with Gasteiger partial charge >= 0.3 is 0 Å². The van der Waals surface area contributed by atoms with E-state index in [1.54, 1.807) is 6.20 Å². The molecule has 0 saturated heterocycles. The van der Waals surface area contributed by atoms with E-state index >= 15 is 0 Å². The second-order valence-electron chi connectivity index (χ2n) is 5.13. The topological polar surface area (TPSA) is 42.0 Å². The molecule has 0 aromatic carbocycles. The highest BCUT2D eigenvalue weighted by Crippen LogP contribution is 2.44.